The number of aromatic nitrogens is 1. The van der Waals surface area contributed by atoms with Crippen molar-refractivity contribution in [3.63, 3.8) is 0 Å². The van der Waals surface area contributed by atoms with Crippen LogP contribution in [0.4, 0.5) is 0 Å². The van der Waals surface area contributed by atoms with Gasteiger partial charge in [0.1, 0.15) is 11.3 Å². The molecule has 0 fully saturated rings. The third-order valence-electron chi connectivity index (χ3n) is 4.15. The number of aromatic hydroxyl groups is 1. The summed E-state index contributed by atoms with van der Waals surface area (Å²) in [5, 5.41) is 10.1. The van der Waals surface area contributed by atoms with Crippen LogP contribution >= 0.6 is 11.6 Å². The second-order valence-corrected chi connectivity index (χ2v) is 6.56. The van der Waals surface area contributed by atoms with Gasteiger partial charge in [-0.25, -0.2) is 4.79 Å². The van der Waals surface area contributed by atoms with Crippen LogP contribution in [-0.2, 0) is 9.47 Å². The van der Waals surface area contributed by atoms with E-state index in [2.05, 4.69) is 0 Å². The zero-order valence-corrected chi connectivity index (χ0v) is 16.0. The highest BCUT2D eigenvalue weighted by atomic mass is 35.5. The number of Topliss-reactive ketones (excluding diaryl/α,β-unsaturated/α-hetero) is 1. The number of ketones is 1. The SMILES string of the molecule is COC[C@@H](C)n1c(C)cc(C(=O)COC(=O)c2ccc(Cl)cc2O)c1C. The van der Waals surface area contributed by atoms with Crippen LogP contribution in [0, 0.1) is 13.8 Å². The Hall–Kier alpha value is -2.31. The molecular formula is C19H22ClNO5. The molecule has 7 heteroatoms. The molecule has 1 N–H and O–H groups in total. The van der Waals surface area contributed by atoms with Gasteiger partial charge in [-0.3, -0.25) is 4.79 Å². The second-order valence-electron chi connectivity index (χ2n) is 6.12. The normalized spacial score (nSPS) is 12.0. The van der Waals surface area contributed by atoms with Crippen LogP contribution in [0.5, 0.6) is 5.75 Å². The van der Waals surface area contributed by atoms with Gasteiger partial charge in [-0.05, 0) is 45.0 Å². The van der Waals surface area contributed by atoms with E-state index in [1.54, 1.807) is 13.2 Å². The lowest BCUT2D eigenvalue weighted by atomic mass is 10.1. The molecule has 0 aliphatic heterocycles. The standard InChI is InChI=1S/C19H22ClNO5/c1-11-7-16(13(3)21(11)12(2)9-25-4)18(23)10-26-19(24)15-6-5-14(20)8-17(15)22/h5-8,12,22H,9-10H2,1-4H3/t12-/m1/s1. The van der Waals surface area contributed by atoms with E-state index in [0.717, 1.165) is 11.4 Å². The number of methoxy groups -OCH3 is 1. The average Bonchev–Trinajstić information content (AvgIpc) is 2.87. The van der Waals surface area contributed by atoms with Crippen molar-refractivity contribution in [2.75, 3.05) is 20.3 Å². The molecule has 2 rings (SSSR count). The van der Waals surface area contributed by atoms with E-state index in [0.29, 0.717) is 17.2 Å². The first kappa shape index (κ1) is 20.0. The summed E-state index contributed by atoms with van der Waals surface area (Å²) in [7, 11) is 1.63. The molecule has 140 valence electrons. The van der Waals surface area contributed by atoms with Crippen LogP contribution < -0.4 is 0 Å². The van der Waals surface area contributed by atoms with Gasteiger partial charge in [-0.15, -0.1) is 0 Å². The van der Waals surface area contributed by atoms with Crippen LogP contribution in [0.15, 0.2) is 24.3 Å². The number of aryl methyl sites for hydroxylation is 1. The van der Waals surface area contributed by atoms with Gasteiger partial charge in [0.25, 0.3) is 0 Å². The minimum atomic E-state index is -0.783. The Morgan fingerprint density at radius 3 is 2.54 bits per heavy atom. The summed E-state index contributed by atoms with van der Waals surface area (Å²) in [5.74, 6) is -1.38. The number of carbonyl (C=O) groups is 2. The van der Waals surface area contributed by atoms with Crippen molar-refractivity contribution in [1.82, 2.24) is 4.57 Å². The average molecular weight is 380 g/mol. The van der Waals surface area contributed by atoms with Gasteiger partial charge in [0.05, 0.1) is 12.6 Å². The smallest absolute Gasteiger partial charge is 0.342 e. The van der Waals surface area contributed by atoms with Crippen LogP contribution in [0.2, 0.25) is 5.02 Å². The fourth-order valence-corrected chi connectivity index (χ4v) is 3.18. The van der Waals surface area contributed by atoms with E-state index in [-0.39, 0.29) is 23.1 Å². The Morgan fingerprint density at radius 1 is 1.23 bits per heavy atom. The lowest BCUT2D eigenvalue weighted by molar-refractivity contribution is 0.0471. The van der Waals surface area contributed by atoms with Gasteiger partial charge in [0.15, 0.2) is 6.61 Å². The first-order valence-corrected chi connectivity index (χ1v) is 8.50. The number of hydrogen-bond acceptors (Lipinski definition) is 5. The minimum Gasteiger partial charge on any atom is -0.507 e. The highest BCUT2D eigenvalue weighted by Gasteiger charge is 2.21. The van der Waals surface area contributed by atoms with Crippen molar-refractivity contribution < 1.29 is 24.2 Å². The zero-order valence-electron chi connectivity index (χ0n) is 15.2. The lowest BCUT2D eigenvalue weighted by Crippen LogP contribution is -2.17. The van der Waals surface area contributed by atoms with Crippen molar-refractivity contribution in [2.45, 2.75) is 26.8 Å². The maximum Gasteiger partial charge on any atom is 0.342 e. The summed E-state index contributed by atoms with van der Waals surface area (Å²) in [5.41, 5.74) is 2.18. The van der Waals surface area contributed by atoms with Gasteiger partial charge in [0, 0.05) is 29.1 Å². The zero-order chi connectivity index (χ0) is 19.4. The number of phenols is 1. The molecule has 6 nitrogen and oxygen atoms in total. The highest BCUT2D eigenvalue weighted by Crippen LogP contribution is 2.24. The highest BCUT2D eigenvalue weighted by molar-refractivity contribution is 6.30. The largest absolute Gasteiger partial charge is 0.507 e. The third-order valence-corrected chi connectivity index (χ3v) is 4.38. The molecule has 1 aromatic heterocycles. The molecule has 0 aliphatic rings. The van der Waals surface area contributed by atoms with Gasteiger partial charge in [0.2, 0.25) is 5.78 Å². The molecule has 0 radical (unpaired) electrons. The predicted molar refractivity (Wildman–Crippen MR) is 98.2 cm³/mol. The number of ether oxygens (including phenoxy) is 2. The maximum atomic E-state index is 12.5. The van der Waals surface area contributed by atoms with Crippen LogP contribution in [-0.4, -0.2) is 41.7 Å². The van der Waals surface area contributed by atoms with E-state index in [1.165, 1.54) is 18.2 Å². The molecule has 0 unspecified atom stereocenters. The van der Waals surface area contributed by atoms with E-state index < -0.39 is 12.6 Å². The van der Waals surface area contributed by atoms with E-state index in [4.69, 9.17) is 21.1 Å². The number of phenolic OH excluding ortho intramolecular Hbond substituents is 1. The van der Waals surface area contributed by atoms with Crippen LogP contribution in [0.3, 0.4) is 0 Å². The van der Waals surface area contributed by atoms with Gasteiger partial charge >= 0.3 is 5.97 Å². The first-order chi connectivity index (χ1) is 12.3. The fraction of sp³-hybridized carbons (Fsp3) is 0.368. The molecule has 2 aromatic rings. The van der Waals surface area contributed by atoms with Gasteiger partial charge in [-0.2, -0.15) is 0 Å². The number of halogens is 1. The topological polar surface area (TPSA) is 77.8 Å². The predicted octanol–water partition coefficient (Wildman–Crippen LogP) is 3.71. The fourth-order valence-electron chi connectivity index (χ4n) is 3.02. The minimum absolute atomic E-state index is 0.0404. The molecule has 0 bridgehead atoms. The molecule has 0 amide bonds. The molecule has 0 spiro atoms. The molecule has 1 aromatic carbocycles. The quantitative estimate of drug-likeness (QED) is 0.586. The van der Waals surface area contributed by atoms with Gasteiger partial charge in [-0.1, -0.05) is 11.6 Å². The summed E-state index contributed by atoms with van der Waals surface area (Å²) in [6.07, 6.45) is 0. The second kappa shape index (κ2) is 8.38. The van der Waals surface area contributed by atoms with Crippen molar-refractivity contribution in [3.05, 3.63) is 51.8 Å². The van der Waals surface area contributed by atoms with E-state index in [9.17, 15) is 14.7 Å². The van der Waals surface area contributed by atoms with Crippen molar-refractivity contribution >= 4 is 23.4 Å². The molecule has 0 saturated heterocycles. The number of benzene rings is 1. The molecule has 0 saturated carbocycles. The van der Waals surface area contributed by atoms with Crippen molar-refractivity contribution in [2.24, 2.45) is 0 Å². The van der Waals surface area contributed by atoms with Gasteiger partial charge < -0.3 is 19.1 Å². The monoisotopic (exact) mass is 379 g/mol. The lowest BCUT2D eigenvalue weighted by Gasteiger charge is -2.17. The van der Waals surface area contributed by atoms with Crippen LogP contribution in [0.25, 0.3) is 0 Å². The van der Waals surface area contributed by atoms with Crippen molar-refractivity contribution in [1.29, 1.82) is 0 Å². The van der Waals surface area contributed by atoms with Crippen molar-refractivity contribution in [3.8, 4) is 5.75 Å². The summed E-state index contributed by atoms with van der Waals surface area (Å²) < 4.78 is 12.2. The summed E-state index contributed by atoms with van der Waals surface area (Å²) in [6, 6.07) is 5.91. The Bertz CT molecular complexity index is 828. The number of nitrogens with zero attached hydrogens (tertiary/aromatic N) is 1. The van der Waals surface area contributed by atoms with E-state index in [1.807, 2.05) is 25.3 Å². The molecule has 0 aliphatic carbocycles. The Labute approximate surface area is 157 Å². The number of esters is 1. The molecule has 1 heterocycles. The molecule has 1 atom stereocenters. The molecular weight excluding hydrogens is 358 g/mol. The summed E-state index contributed by atoms with van der Waals surface area (Å²) in [6.45, 7) is 5.87. The van der Waals surface area contributed by atoms with E-state index >= 15 is 0 Å². The Morgan fingerprint density at radius 2 is 1.92 bits per heavy atom. The number of rotatable bonds is 7. The first-order valence-electron chi connectivity index (χ1n) is 8.12. The summed E-state index contributed by atoms with van der Waals surface area (Å²) in [4.78, 5) is 24.5. The summed E-state index contributed by atoms with van der Waals surface area (Å²) >= 11 is 5.73. The molecule has 26 heavy (non-hydrogen) atoms. The third kappa shape index (κ3) is 4.26. The number of carbonyl (C=O) groups excluding carboxylic acids is 2. The van der Waals surface area contributed by atoms with Crippen LogP contribution in [0.1, 0.15) is 45.1 Å². The maximum absolute atomic E-state index is 12.5. The Kier molecular flexibility index (Phi) is 6.45. The Balaban J connectivity index is 2.11. The number of hydrogen-bond donors (Lipinski definition) is 1.